The molecule has 1 saturated heterocycles. The molecule has 0 radical (unpaired) electrons. The molecular formula is C17H22ClN3O2S. The Hall–Kier alpha value is -1.37. The fourth-order valence-electron chi connectivity index (χ4n) is 3.13. The number of rotatable bonds is 5. The molecule has 0 bridgehead atoms. The van der Waals surface area contributed by atoms with Crippen LogP contribution in [0.2, 0.25) is 5.02 Å². The van der Waals surface area contributed by atoms with Crippen molar-refractivity contribution >= 4 is 21.4 Å². The maximum absolute atomic E-state index is 11.6. The van der Waals surface area contributed by atoms with Gasteiger partial charge in [0.05, 0.1) is 23.7 Å². The lowest BCUT2D eigenvalue weighted by atomic mass is 10.1. The lowest BCUT2D eigenvalue weighted by Gasteiger charge is -2.11. The standard InChI is InChI=1S/C17H22ClN3O2S/c1-12-16(9-19-15-7-8-24(22,23)11-15)13(2)21(20-12)10-14-5-3-4-6-17(14)18/h3-6,15,19H,7-11H2,1-2H3. The van der Waals surface area contributed by atoms with Crippen LogP contribution in [0.1, 0.15) is 28.9 Å². The average Bonchev–Trinajstić information content (AvgIpc) is 3.00. The SMILES string of the molecule is Cc1nn(Cc2ccccc2Cl)c(C)c1CNC1CCS(=O)(=O)C1. The lowest BCUT2D eigenvalue weighted by molar-refractivity contribution is 0.551. The van der Waals surface area contributed by atoms with Gasteiger partial charge in [0.1, 0.15) is 0 Å². The van der Waals surface area contributed by atoms with Gasteiger partial charge in [0.15, 0.2) is 9.84 Å². The highest BCUT2D eigenvalue weighted by Gasteiger charge is 2.27. The Morgan fingerprint density at radius 1 is 1.33 bits per heavy atom. The van der Waals surface area contributed by atoms with Crippen molar-refractivity contribution in [2.24, 2.45) is 0 Å². The third-order valence-electron chi connectivity index (χ3n) is 4.61. The molecule has 1 aromatic heterocycles. The summed E-state index contributed by atoms with van der Waals surface area (Å²) in [6.45, 7) is 5.29. The maximum atomic E-state index is 11.6. The van der Waals surface area contributed by atoms with Crippen LogP contribution in [-0.4, -0.2) is 35.7 Å². The smallest absolute Gasteiger partial charge is 0.151 e. The van der Waals surface area contributed by atoms with E-state index in [0.717, 1.165) is 27.5 Å². The Balaban J connectivity index is 1.71. The molecule has 1 fully saturated rings. The molecule has 0 spiro atoms. The van der Waals surface area contributed by atoms with Crippen LogP contribution >= 0.6 is 11.6 Å². The van der Waals surface area contributed by atoms with Crippen molar-refractivity contribution in [1.29, 1.82) is 0 Å². The molecule has 1 atom stereocenters. The van der Waals surface area contributed by atoms with Gasteiger partial charge in [-0.05, 0) is 31.9 Å². The molecule has 1 N–H and O–H groups in total. The highest BCUT2D eigenvalue weighted by Crippen LogP contribution is 2.20. The average molecular weight is 368 g/mol. The van der Waals surface area contributed by atoms with Crippen LogP contribution in [0, 0.1) is 13.8 Å². The number of aromatic nitrogens is 2. The van der Waals surface area contributed by atoms with Crippen LogP contribution in [0.25, 0.3) is 0 Å². The third-order valence-corrected chi connectivity index (χ3v) is 6.75. The largest absolute Gasteiger partial charge is 0.309 e. The quantitative estimate of drug-likeness (QED) is 0.881. The molecule has 130 valence electrons. The molecule has 0 aliphatic carbocycles. The zero-order valence-electron chi connectivity index (χ0n) is 13.9. The molecule has 0 saturated carbocycles. The summed E-state index contributed by atoms with van der Waals surface area (Å²) in [5.74, 6) is 0.521. The topological polar surface area (TPSA) is 64.0 Å². The summed E-state index contributed by atoms with van der Waals surface area (Å²) in [5.41, 5.74) is 4.21. The molecule has 7 heteroatoms. The maximum Gasteiger partial charge on any atom is 0.151 e. The van der Waals surface area contributed by atoms with Gasteiger partial charge in [-0.3, -0.25) is 4.68 Å². The number of hydrogen-bond acceptors (Lipinski definition) is 4. The van der Waals surface area contributed by atoms with Crippen molar-refractivity contribution in [2.75, 3.05) is 11.5 Å². The molecule has 5 nitrogen and oxygen atoms in total. The molecule has 1 unspecified atom stereocenters. The Bertz CT molecular complexity index is 846. The monoisotopic (exact) mass is 367 g/mol. The number of nitrogens with one attached hydrogen (secondary N) is 1. The highest BCUT2D eigenvalue weighted by molar-refractivity contribution is 7.91. The Labute approximate surface area is 147 Å². The van der Waals surface area contributed by atoms with E-state index in [-0.39, 0.29) is 17.5 Å². The van der Waals surface area contributed by atoms with Crippen LogP contribution in [0.4, 0.5) is 0 Å². The minimum absolute atomic E-state index is 0.0423. The van der Waals surface area contributed by atoms with Crippen molar-refractivity contribution in [3.63, 3.8) is 0 Å². The van der Waals surface area contributed by atoms with Gasteiger partial charge in [0.25, 0.3) is 0 Å². The summed E-state index contributed by atoms with van der Waals surface area (Å²) in [6, 6.07) is 7.81. The lowest BCUT2D eigenvalue weighted by Crippen LogP contribution is -2.29. The number of hydrogen-bond donors (Lipinski definition) is 1. The second-order valence-electron chi connectivity index (χ2n) is 6.38. The molecule has 1 aliphatic heterocycles. The molecular weight excluding hydrogens is 346 g/mol. The van der Waals surface area contributed by atoms with Crippen LogP contribution < -0.4 is 5.32 Å². The van der Waals surface area contributed by atoms with Crippen molar-refractivity contribution in [3.05, 3.63) is 51.8 Å². The first-order valence-electron chi connectivity index (χ1n) is 8.06. The molecule has 1 aliphatic rings. The Kier molecular flexibility index (Phi) is 4.99. The minimum atomic E-state index is -2.86. The number of benzene rings is 1. The Morgan fingerprint density at radius 3 is 2.75 bits per heavy atom. The van der Waals surface area contributed by atoms with E-state index in [4.69, 9.17) is 11.6 Å². The Morgan fingerprint density at radius 2 is 2.08 bits per heavy atom. The predicted octanol–water partition coefficient (Wildman–Crippen LogP) is 2.48. The van der Waals surface area contributed by atoms with Crippen molar-refractivity contribution in [3.8, 4) is 0 Å². The van der Waals surface area contributed by atoms with E-state index in [1.165, 1.54) is 0 Å². The van der Waals surface area contributed by atoms with Gasteiger partial charge >= 0.3 is 0 Å². The third kappa shape index (κ3) is 3.82. The summed E-state index contributed by atoms with van der Waals surface area (Å²) < 4.78 is 25.1. The molecule has 3 rings (SSSR count). The number of nitrogens with zero attached hydrogens (tertiary/aromatic N) is 2. The summed E-state index contributed by atoms with van der Waals surface area (Å²) >= 11 is 6.24. The number of aryl methyl sites for hydroxylation is 1. The second-order valence-corrected chi connectivity index (χ2v) is 9.02. The van der Waals surface area contributed by atoms with Crippen LogP contribution in [0.15, 0.2) is 24.3 Å². The zero-order chi connectivity index (χ0) is 17.3. The molecule has 24 heavy (non-hydrogen) atoms. The van der Waals surface area contributed by atoms with Gasteiger partial charge in [-0.1, -0.05) is 29.8 Å². The van der Waals surface area contributed by atoms with E-state index in [2.05, 4.69) is 10.4 Å². The van der Waals surface area contributed by atoms with Gasteiger partial charge < -0.3 is 5.32 Å². The zero-order valence-corrected chi connectivity index (χ0v) is 15.5. The van der Waals surface area contributed by atoms with Crippen molar-refractivity contribution in [1.82, 2.24) is 15.1 Å². The van der Waals surface area contributed by atoms with E-state index in [9.17, 15) is 8.42 Å². The predicted molar refractivity (Wildman–Crippen MR) is 96.2 cm³/mol. The van der Waals surface area contributed by atoms with E-state index in [0.29, 0.717) is 19.5 Å². The molecule has 0 amide bonds. The summed E-state index contributed by atoms with van der Waals surface area (Å²) in [4.78, 5) is 0. The number of halogens is 1. The second kappa shape index (κ2) is 6.86. The summed E-state index contributed by atoms with van der Waals surface area (Å²) in [6.07, 6.45) is 0.689. The van der Waals surface area contributed by atoms with Gasteiger partial charge in [0, 0.05) is 28.9 Å². The summed E-state index contributed by atoms with van der Waals surface area (Å²) in [7, 11) is -2.86. The van der Waals surface area contributed by atoms with E-state index in [1.807, 2.05) is 42.8 Å². The van der Waals surface area contributed by atoms with Crippen LogP contribution in [0.3, 0.4) is 0 Å². The van der Waals surface area contributed by atoms with E-state index < -0.39 is 9.84 Å². The first kappa shape index (κ1) is 17.5. The number of sulfone groups is 1. The van der Waals surface area contributed by atoms with E-state index in [1.54, 1.807) is 0 Å². The fourth-order valence-corrected chi connectivity index (χ4v) is 5.04. The molecule has 2 aromatic rings. The molecule has 1 aromatic carbocycles. The first-order valence-corrected chi connectivity index (χ1v) is 10.3. The van der Waals surface area contributed by atoms with Gasteiger partial charge in [-0.15, -0.1) is 0 Å². The minimum Gasteiger partial charge on any atom is -0.309 e. The van der Waals surface area contributed by atoms with Crippen molar-refractivity contribution in [2.45, 2.75) is 39.4 Å². The normalized spacial score (nSPS) is 19.7. The van der Waals surface area contributed by atoms with Crippen molar-refractivity contribution < 1.29 is 8.42 Å². The summed E-state index contributed by atoms with van der Waals surface area (Å²) in [5, 5.41) is 8.72. The van der Waals surface area contributed by atoms with E-state index >= 15 is 0 Å². The van der Waals surface area contributed by atoms with Crippen LogP contribution in [-0.2, 0) is 22.9 Å². The van der Waals surface area contributed by atoms with Gasteiger partial charge in [-0.2, -0.15) is 5.10 Å². The fraction of sp³-hybridized carbons (Fsp3) is 0.471. The first-order chi connectivity index (χ1) is 11.4. The van der Waals surface area contributed by atoms with Crippen LogP contribution in [0.5, 0.6) is 0 Å². The highest BCUT2D eigenvalue weighted by atomic mass is 35.5. The molecule has 2 heterocycles. The van der Waals surface area contributed by atoms with Gasteiger partial charge in [-0.25, -0.2) is 8.42 Å². The van der Waals surface area contributed by atoms with Gasteiger partial charge in [0.2, 0.25) is 0 Å².